The van der Waals surface area contributed by atoms with Crippen LogP contribution in [-0.4, -0.2) is 44.5 Å². The fourth-order valence-electron chi connectivity index (χ4n) is 5.10. The summed E-state index contributed by atoms with van der Waals surface area (Å²) >= 11 is 0. The van der Waals surface area contributed by atoms with Crippen LogP contribution in [0.15, 0.2) is 41.3 Å². The number of fused-ring (bicyclic) bond motifs is 1. The van der Waals surface area contributed by atoms with Gasteiger partial charge in [0, 0.05) is 32.6 Å². The van der Waals surface area contributed by atoms with E-state index in [2.05, 4.69) is 12.1 Å². The van der Waals surface area contributed by atoms with E-state index in [1.54, 1.807) is 14.1 Å². The molecule has 3 atom stereocenters. The second-order valence-electron chi connectivity index (χ2n) is 9.09. The normalized spacial score (nSPS) is 23.5. The van der Waals surface area contributed by atoms with Gasteiger partial charge in [-0.05, 0) is 61.8 Å². The lowest BCUT2D eigenvalue weighted by Gasteiger charge is -2.39. The Labute approximate surface area is 198 Å². The number of hydrogen-bond donors (Lipinski definition) is 1. The maximum Gasteiger partial charge on any atom is 0.242 e. The minimum Gasteiger partial charge on any atom is -0.490 e. The molecule has 2 N–H and O–H groups in total. The molecule has 2 aliphatic rings. The second-order valence-corrected chi connectivity index (χ2v) is 11.2. The zero-order valence-corrected chi connectivity index (χ0v) is 20.9. The average molecular weight is 480 g/mol. The average Bonchev–Trinajstić information content (AvgIpc) is 3.13. The molecule has 0 spiro atoms. The fourth-order valence-corrected chi connectivity index (χ4v) is 6.29. The van der Waals surface area contributed by atoms with Crippen LogP contribution >= 0.6 is 12.4 Å². The highest BCUT2D eigenvalue weighted by Gasteiger charge is 2.35. The molecule has 2 aromatic carbocycles. The number of nitrogens with two attached hydrogens (primary N) is 1. The lowest BCUT2D eigenvalue weighted by atomic mass is 9.81. The maximum absolute atomic E-state index is 13.1. The van der Waals surface area contributed by atoms with Crippen LogP contribution in [-0.2, 0) is 22.9 Å². The Bertz CT molecular complexity index is 1060. The van der Waals surface area contributed by atoms with Crippen molar-refractivity contribution in [2.24, 2.45) is 11.8 Å². The molecule has 2 aliphatic heterocycles. The van der Waals surface area contributed by atoms with E-state index in [1.165, 1.54) is 9.87 Å². The first kappa shape index (κ1) is 25.0. The van der Waals surface area contributed by atoms with Crippen LogP contribution in [0.25, 0.3) is 0 Å². The first-order valence-corrected chi connectivity index (χ1v) is 12.4. The SMILES string of the molecule is Cc1c(S(=O)(=O)N(C)C)cc(C[C@@H]2CCCN(N)C2c2ccccc2)c2c1C[C@H](C)O2.Cl. The van der Waals surface area contributed by atoms with E-state index in [0.29, 0.717) is 4.90 Å². The molecule has 1 fully saturated rings. The quantitative estimate of drug-likeness (QED) is 0.659. The number of halogens is 1. The van der Waals surface area contributed by atoms with Crippen LogP contribution in [0.5, 0.6) is 5.75 Å². The maximum atomic E-state index is 13.1. The number of ether oxygens (including phenoxy) is 1. The first-order valence-electron chi connectivity index (χ1n) is 11.0. The van der Waals surface area contributed by atoms with Gasteiger partial charge in [-0.25, -0.2) is 17.7 Å². The third kappa shape index (κ3) is 4.54. The number of hydrogen-bond acceptors (Lipinski definition) is 5. The molecule has 2 heterocycles. The lowest BCUT2D eigenvalue weighted by Crippen LogP contribution is -2.44. The molecule has 0 saturated carbocycles. The van der Waals surface area contributed by atoms with Gasteiger partial charge in [0.15, 0.2) is 0 Å². The van der Waals surface area contributed by atoms with Crippen molar-refractivity contribution in [3.63, 3.8) is 0 Å². The molecular weight excluding hydrogens is 446 g/mol. The molecular formula is C24H34ClN3O3S. The lowest BCUT2D eigenvalue weighted by molar-refractivity contribution is 0.0920. The van der Waals surface area contributed by atoms with E-state index in [9.17, 15) is 8.42 Å². The van der Waals surface area contributed by atoms with Crippen LogP contribution in [0.4, 0.5) is 0 Å². The smallest absolute Gasteiger partial charge is 0.242 e. The Kier molecular flexibility index (Phi) is 7.57. The van der Waals surface area contributed by atoms with Crippen molar-refractivity contribution in [3.8, 4) is 5.75 Å². The van der Waals surface area contributed by atoms with Gasteiger partial charge in [-0.1, -0.05) is 30.3 Å². The number of nitrogens with zero attached hydrogens (tertiary/aromatic N) is 2. The molecule has 8 heteroatoms. The molecule has 0 amide bonds. The van der Waals surface area contributed by atoms with E-state index >= 15 is 0 Å². The Hall–Kier alpha value is -1.64. The minimum absolute atomic E-state index is 0. The van der Waals surface area contributed by atoms with Crippen LogP contribution in [0.3, 0.4) is 0 Å². The number of sulfonamides is 1. The van der Waals surface area contributed by atoms with Gasteiger partial charge in [-0.2, -0.15) is 0 Å². The molecule has 4 rings (SSSR count). The van der Waals surface area contributed by atoms with E-state index in [4.69, 9.17) is 10.6 Å². The number of rotatable bonds is 5. The first-order chi connectivity index (χ1) is 14.7. The molecule has 0 aliphatic carbocycles. The number of benzene rings is 2. The van der Waals surface area contributed by atoms with Crippen molar-refractivity contribution >= 4 is 22.4 Å². The second kappa shape index (κ2) is 9.69. The molecule has 1 saturated heterocycles. The third-order valence-electron chi connectivity index (χ3n) is 6.68. The summed E-state index contributed by atoms with van der Waals surface area (Å²) in [5.41, 5.74) is 4.02. The van der Waals surface area contributed by atoms with Crippen LogP contribution < -0.4 is 10.6 Å². The van der Waals surface area contributed by atoms with E-state index in [0.717, 1.165) is 54.7 Å². The summed E-state index contributed by atoms with van der Waals surface area (Å²) in [4.78, 5) is 0.389. The summed E-state index contributed by atoms with van der Waals surface area (Å²) in [6.45, 7) is 4.80. The Morgan fingerprint density at radius 3 is 2.56 bits per heavy atom. The molecule has 0 bridgehead atoms. The van der Waals surface area contributed by atoms with Gasteiger partial charge in [0.05, 0.1) is 10.9 Å². The Morgan fingerprint density at radius 1 is 1.22 bits per heavy atom. The van der Waals surface area contributed by atoms with Gasteiger partial charge in [0.2, 0.25) is 10.0 Å². The highest BCUT2D eigenvalue weighted by Crippen LogP contribution is 2.43. The third-order valence-corrected chi connectivity index (χ3v) is 8.62. The van der Waals surface area contributed by atoms with Crippen LogP contribution in [0.2, 0.25) is 0 Å². The largest absolute Gasteiger partial charge is 0.490 e. The molecule has 0 radical (unpaired) electrons. The number of piperidine rings is 1. The molecule has 2 aromatic rings. The Morgan fingerprint density at radius 2 is 1.91 bits per heavy atom. The van der Waals surface area contributed by atoms with Crippen molar-refractivity contribution < 1.29 is 13.2 Å². The van der Waals surface area contributed by atoms with Gasteiger partial charge >= 0.3 is 0 Å². The van der Waals surface area contributed by atoms with E-state index in [-0.39, 0.29) is 30.5 Å². The van der Waals surface area contributed by atoms with E-state index < -0.39 is 10.0 Å². The predicted octanol–water partition coefficient (Wildman–Crippen LogP) is 3.86. The molecule has 176 valence electrons. The Balaban J connectivity index is 0.00000289. The van der Waals surface area contributed by atoms with Crippen LogP contribution in [0, 0.1) is 12.8 Å². The highest BCUT2D eigenvalue weighted by atomic mass is 35.5. The fraction of sp³-hybridized carbons (Fsp3) is 0.500. The standard InChI is InChI=1S/C24H33N3O3S.ClH/c1-16-13-21-17(2)22(31(28,29)26(3)4)15-20(24(21)30-16)14-19-11-8-12-27(25)23(19)18-9-6-5-7-10-18;/h5-7,9-10,15-16,19,23H,8,11-14,25H2,1-4H3;1H/t16-,19-,23?;/m0./s1. The van der Waals surface area contributed by atoms with Crippen molar-refractivity contribution in [1.29, 1.82) is 0 Å². The van der Waals surface area contributed by atoms with Gasteiger partial charge in [-0.15, -0.1) is 12.4 Å². The monoisotopic (exact) mass is 479 g/mol. The van der Waals surface area contributed by atoms with Gasteiger partial charge in [0.25, 0.3) is 0 Å². The summed E-state index contributed by atoms with van der Waals surface area (Å²) in [6.07, 6.45) is 3.59. The summed E-state index contributed by atoms with van der Waals surface area (Å²) in [6, 6.07) is 12.3. The van der Waals surface area contributed by atoms with E-state index in [1.807, 2.05) is 43.1 Å². The van der Waals surface area contributed by atoms with Gasteiger partial charge < -0.3 is 4.74 Å². The van der Waals surface area contributed by atoms with Gasteiger partial charge in [0.1, 0.15) is 11.9 Å². The minimum atomic E-state index is -3.54. The summed E-state index contributed by atoms with van der Waals surface area (Å²) < 4.78 is 33.6. The predicted molar refractivity (Wildman–Crippen MR) is 130 cm³/mol. The zero-order chi connectivity index (χ0) is 22.3. The summed E-state index contributed by atoms with van der Waals surface area (Å²) in [7, 11) is -0.378. The van der Waals surface area contributed by atoms with Crippen molar-refractivity contribution in [1.82, 2.24) is 9.31 Å². The topological polar surface area (TPSA) is 75.9 Å². The zero-order valence-electron chi connectivity index (χ0n) is 19.2. The summed E-state index contributed by atoms with van der Waals surface area (Å²) in [5.74, 6) is 7.61. The molecule has 32 heavy (non-hydrogen) atoms. The molecule has 6 nitrogen and oxygen atoms in total. The molecule has 0 aromatic heterocycles. The van der Waals surface area contributed by atoms with Gasteiger partial charge in [-0.3, -0.25) is 5.84 Å². The van der Waals surface area contributed by atoms with Crippen LogP contribution in [0.1, 0.15) is 48.1 Å². The summed E-state index contributed by atoms with van der Waals surface area (Å²) in [5, 5.41) is 1.94. The molecule has 1 unspecified atom stereocenters. The highest BCUT2D eigenvalue weighted by molar-refractivity contribution is 7.89. The number of hydrazine groups is 1. The van der Waals surface area contributed by atoms with Crippen molar-refractivity contribution in [2.75, 3.05) is 20.6 Å². The van der Waals surface area contributed by atoms with Crippen molar-refractivity contribution in [3.05, 3.63) is 58.7 Å². The van der Waals surface area contributed by atoms with Crippen molar-refractivity contribution in [2.45, 2.75) is 56.6 Å².